The second-order valence-corrected chi connectivity index (χ2v) is 3.83. The van der Waals surface area contributed by atoms with Gasteiger partial charge in [0.2, 0.25) is 5.91 Å². The lowest BCUT2D eigenvalue weighted by atomic mass is 10.1. The maximum absolute atomic E-state index is 13.3. The number of nitrogens with zero attached hydrogens (tertiary/aromatic N) is 1. The van der Waals surface area contributed by atoms with Crippen LogP contribution >= 0.6 is 0 Å². The highest BCUT2D eigenvalue weighted by atomic mass is 19.1. The van der Waals surface area contributed by atoms with Gasteiger partial charge in [-0.05, 0) is 25.1 Å². The predicted octanol–water partition coefficient (Wildman–Crippen LogP) is 1.66. The van der Waals surface area contributed by atoms with Crippen molar-refractivity contribution in [1.82, 2.24) is 4.98 Å². The number of hydrogen-bond donors (Lipinski definition) is 2. The third-order valence-corrected chi connectivity index (χ3v) is 2.39. The van der Waals surface area contributed by atoms with E-state index in [4.69, 9.17) is 5.73 Å². The van der Waals surface area contributed by atoms with Crippen molar-refractivity contribution in [3.05, 3.63) is 36.4 Å². The van der Waals surface area contributed by atoms with E-state index in [1.807, 2.05) is 0 Å². The summed E-state index contributed by atoms with van der Waals surface area (Å²) in [7, 11) is 0. The predicted molar refractivity (Wildman–Crippen MR) is 64.0 cm³/mol. The van der Waals surface area contributed by atoms with Gasteiger partial charge in [0.05, 0.1) is 11.7 Å². The molecule has 1 aromatic heterocycles. The molecule has 17 heavy (non-hydrogen) atoms. The van der Waals surface area contributed by atoms with Crippen LogP contribution in [0.15, 0.2) is 30.6 Å². The van der Waals surface area contributed by atoms with Crippen molar-refractivity contribution in [3.8, 4) is 0 Å². The van der Waals surface area contributed by atoms with E-state index in [1.165, 1.54) is 12.1 Å². The monoisotopic (exact) mass is 233 g/mol. The first-order valence-electron chi connectivity index (χ1n) is 5.17. The van der Waals surface area contributed by atoms with Crippen molar-refractivity contribution in [1.29, 1.82) is 0 Å². The molecule has 0 fully saturated rings. The zero-order valence-corrected chi connectivity index (χ0v) is 9.27. The van der Waals surface area contributed by atoms with Crippen LogP contribution in [-0.2, 0) is 4.79 Å². The molecule has 0 radical (unpaired) electrons. The number of nitrogens with two attached hydrogens (primary N) is 1. The first-order valence-corrected chi connectivity index (χ1v) is 5.17. The Labute approximate surface area is 97.6 Å². The van der Waals surface area contributed by atoms with E-state index in [0.29, 0.717) is 11.1 Å². The van der Waals surface area contributed by atoms with Crippen molar-refractivity contribution in [3.63, 3.8) is 0 Å². The van der Waals surface area contributed by atoms with Crippen molar-refractivity contribution in [2.45, 2.75) is 13.0 Å². The third-order valence-electron chi connectivity index (χ3n) is 2.39. The number of rotatable bonds is 2. The summed E-state index contributed by atoms with van der Waals surface area (Å²) in [5, 5.41) is 3.96. The van der Waals surface area contributed by atoms with Crippen LogP contribution in [0.2, 0.25) is 0 Å². The summed E-state index contributed by atoms with van der Waals surface area (Å²) in [6, 6.07) is 3.70. The standard InChI is InChI=1S/C12H12FN3O/c1-7(14)12(17)16-11-5-9(13)4-8-6-15-3-2-10(8)11/h2-7H,14H2,1H3,(H,16,17). The van der Waals surface area contributed by atoms with Crippen molar-refractivity contribution >= 4 is 22.4 Å². The number of carbonyl (C=O) groups is 1. The number of anilines is 1. The van der Waals surface area contributed by atoms with Crippen molar-refractivity contribution in [2.75, 3.05) is 5.32 Å². The number of carbonyl (C=O) groups excluding carboxylic acids is 1. The van der Waals surface area contributed by atoms with Crippen LogP contribution in [0.5, 0.6) is 0 Å². The highest BCUT2D eigenvalue weighted by molar-refractivity contribution is 6.03. The minimum atomic E-state index is -0.643. The largest absolute Gasteiger partial charge is 0.324 e. The molecule has 1 unspecified atom stereocenters. The molecule has 1 aromatic carbocycles. The number of nitrogens with one attached hydrogen (secondary N) is 1. The van der Waals surface area contributed by atoms with Gasteiger partial charge in [-0.1, -0.05) is 0 Å². The molecule has 0 spiro atoms. The van der Waals surface area contributed by atoms with Crippen LogP contribution in [0.25, 0.3) is 10.8 Å². The molecular weight excluding hydrogens is 221 g/mol. The molecule has 4 nitrogen and oxygen atoms in total. The number of amides is 1. The van der Waals surface area contributed by atoms with Gasteiger partial charge in [-0.15, -0.1) is 0 Å². The fraction of sp³-hybridized carbons (Fsp3) is 0.167. The molecular formula is C12H12FN3O. The van der Waals surface area contributed by atoms with E-state index in [2.05, 4.69) is 10.3 Å². The Kier molecular flexibility index (Phi) is 3.01. The van der Waals surface area contributed by atoms with E-state index >= 15 is 0 Å². The molecule has 3 N–H and O–H groups in total. The molecule has 0 aliphatic heterocycles. The topological polar surface area (TPSA) is 68.0 Å². The summed E-state index contributed by atoms with van der Waals surface area (Å²) in [5.74, 6) is -0.779. The van der Waals surface area contributed by atoms with Gasteiger partial charge < -0.3 is 11.1 Å². The third kappa shape index (κ3) is 2.39. The highest BCUT2D eigenvalue weighted by Crippen LogP contribution is 2.24. The second kappa shape index (κ2) is 4.47. The van der Waals surface area contributed by atoms with Gasteiger partial charge in [0.1, 0.15) is 5.82 Å². The van der Waals surface area contributed by atoms with E-state index in [1.54, 1.807) is 25.4 Å². The van der Waals surface area contributed by atoms with Crippen molar-refractivity contribution in [2.24, 2.45) is 5.73 Å². The Morgan fingerprint density at radius 3 is 3.00 bits per heavy atom. The maximum atomic E-state index is 13.3. The zero-order chi connectivity index (χ0) is 12.4. The van der Waals surface area contributed by atoms with Crippen LogP contribution in [-0.4, -0.2) is 16.9 Å². The summed E-state index contributed by atoms with van der Waals surface area (Å²) >= 11 is 0. The Bertz CT molecular complexity index is 569. The van der Waals surface area contributed by atoms with Crippen LogP contribution in [0.4, 0.5) is 10.1 Å². The van der Waals surface area contributed by atoms with Gasteiger partial charge in [-0.2, -0.15) is 0 Å². The molecule has 5 heteroatoms. The summed E-state index contributed by atoms with van der Waals surface area (Å²) in [5.41, 5.74) is 5.85. The molecule has 0 saturated carbocycles. The normalized spacial score (nSPS) is 12.4. The SMILES string of the molecule is CC(N)C(=O)Nc1cc(F)cc2cnccc12. The molecule has 1 atom stereocenters. The summed E-state index contributed by atoms with van der Waals surface area (Å²) in [6.07, 6.45) is 3.13. The van der Waals surface area contributed by atoms with Crippen LogP contribution in [0.1, 0.15) is 6.92 Å². The number of halogens is 1. The number of benzene rings is 1. The molecule has 88 valence electrons. The first kappa shape index (κ1) is 11.5. The second-order valence-electron chi connectivity index (χ2n) is 3.83. The van der Waals surface area contributed by atoms with E-state index in [-0.39, 0.29) is 5.91 Å². The van der Waals surface area contributed by atoms with E-state index in [0.717, 1.165) is 5.39 Å². The number of aromatic nitrogens is 1. The number of fused-ring (bicyclic) bond motifs is 1. The number of pyridine rings is 1. The number of hydrogen-bond acceptors (Lipinski definition) is 3. The fourth-order valence-corrected chi connectivity index (χ4v) is 1.52. The van der Waals surface area contributed by atoms with Gasteiger partial charge >= 0.3 is 0 Å². The quantitative estimate of drug-likeness (QED) is 0.828. The van der Waals surface area contributed by atoms with Crippen molar-refractivity contribution < 1.29 is 9.18 Å². The maximum Gasteiger partial charge on any atom is 0.241 e. The molecule has 1 heterocycles. The average Bonchev–Trinajstić information content (AvgIpc) is 2.28. The molecule has 0 aliphatic rings. The molecule has 0 bridgehead atoms. The molecule has 0 aliphatic carbocycles. The van der Waals surface area contributed by atoms with Gasteiger partial charge in [0.25, 0.3) is 0 Å². The molecule has 0 saturated heterocycles. The first-order chi connectivity index (χ1) is 8.08. The Balaban J connectivity index is 2.49. The van der Waals surface area contributed by atoms with Gasteiger partial charge in [-0.25, -0.2) is 4.39 Å². The fourth-order valence-electron chi connectivity index (χ4n) is 1.52. The van der Waals surface area contributed by atoms with Crippen LogP contribution < -0.4 is 11.1 Å². The lowest BCUT2D eigenvalue weighted by Crippen LogP contribution is -2.32. The lowest BCUT2D eigenvalue weighted by molar-refractivity contribution is -0.117. The van der Waals surface area contributed by atoms with E-state index < -0.39 is 11.9 Å². The molecule has 2 rings (SSSR count). The zero-order valence-electron chi connectivity index (χ0n) is 9.27. The van der Waals surface area contributed by atoms with Gasteiger partial charge in [-0.3, -0.25) is 9.78 Å². The smallest absolute Gasteiger partial charge is 0.241 e. The minimum Gasteiger partial charge on any atom is -0.324 e. The Morgan fingerprint density at radius 2 is 2.29 bits per heavy atom. The van der Waals surface area contributed by atoms with Crippen LogP contribution in [0.3, 0.4) is 0 Å². The highest BCUT2D eigenvalue weighted by Gasteiger charge is 2.10. The Hall–Kier alpha value is -2.01. The minimum absolute atomic E-state index is 0.353. The van der Waals surface area contributed by atoms with E-state index in [9.17, 15) is 9.18 Å². The lowest BCUT2D eigenvalue weighted by Gasteiger charge is -2.10. The Morgan fingerprint density at radius 1 is 1.53 bits per heavy atom. The molecule has 2 aromatic rings. The van der Waals surface area contributed by atoms with Crippen LogP contribution in [0, 0.1) is 5.82 Å². The molecule has 1 amide bonds. The van der Waals surface area contributed by atoms with Gasteiger partial charge in [0, 0.05) is 23.2 Å². The summed E-state index contributed by atoms with van der Waals surface area (Å²) < 4.78 is 13.3. The van der Waals surface area contributed by atoms with Gasteiger partial charge in [0.15, 0.2) is 0 Å². The average molecular weight is 233 g/mol. The summed E-state index contributed by atoms with van der Waals surface area (Å²) in [6.45, 7) is 1.57. The summed E-state index contributed by atoms with van der Waals surface area (Å²) in [4.78, 5) is 15.4.